The van der Waals surface area contributed by atoms with Gasteiger partial charge in [-0.3, -0.25) is 0 Å². The van der Waals surface area contributed by atoms with Crippen LogP contribution in [-0.2, 0) is 0 Å². The van der Waals surface area contributed by atoms with Crippen LogP contribution in [0.3, 0.4) is 0 Å². The fourth-order valence-corrected chi connectivity index (χ4v) is 1.36. The fourth-order valence-electron chi connectivity index (χ4n) is 1.36. The molecular weight excluding hydrogens is 162 g/mol. The van der Waals surface area contributed by atoms with Crippen molar-refractivity contribution in [2.24, 2.45) is 0 Å². The summed E-state index contributed by atoms with van der Waals surface area (Å²) in [6, 6.07) is 5.95. The molecule has 0 aliphatic heterocycles. The van der Waals surface area contributed by atoms with Gasteiger partial charge in [-0.05, 0) is 18.2 Å². The number of hydrogen-bond acceptors (Lipinski definition) is 3. The minimum absolute atomic E-state index is 0.800. The molecule has 0 aliphatic carbocycles. The van der Waals surface area contributed by atoms with Crippen LogP contribution < -0.4 is 4.90 Å². The highest BCUT2D eigenvalue weighted by Crippen LogP contribution is 2.21. The van der Waals surface area contributed by atoms with Gasteiger partial charge in [-0.2, -0.15) is 0 Å². The van der Waals surface area contributed by atoms with E-state index in [9.17, 15) is 0 Å². The normalized spacial score (nSPS) is 10.3. The summed E-state index contributed by atoms with van der Waals surface area (Å²) in [7, 11) is 4.03. The van der Waals surface area contributed by atoms with Gasteiger partial charge in [-0.15, -0.1) is 0 Å². The van der Waals surface area contributed by atoms with E-state index in [1.165, 1.54) is 0 Å². The summed E-state index contributed by atoms with van der Waals surface area (Å²) < 4.78 is 0. The van der Waals surface area contributed by atoms with E-state index in [1.807, 2.05) is 32.3 Å². The summed E-state index contributed by atoms with van der Waals surface area (Å²) in [5.74, 6) is 0. The number of nitrogens with zero attached hydrogens (tertiary/aromatic N) is 3. The van der Waals surface area contributed by atoms with Crippen molar-refractivity contribution < 1.29 is 0 Å². The Hall–Kier alpha value is -1.64. The smallest absolute Gasteiger partial charge is 0.161 e. The van der Waals surface area contributed by atoms with Crippen LogP contribution in [0.25, 0.3) is 11.0 Å². The van der Waals surface area contributed by atoms with Gasteiger partial charge in [-0.1, -0.05) is 0 Å². The summed E-state index contributed by atoms with van der Waals surface area (Å²) in [6.07, 6.45) is 3.54. The lowest BCUT2D eigenvalue weighted by Gasteiger charge is -2.13. The Labute approximate surface area is 77.0 Å². The molecule has 13 heavy (non-hydrogen) atoms. The maximum absolute atomic E-state index is 4.19. The van der Waals surface area contributed by atoms with Crippen molar-refractivity contribution in [2.75, 3.05) is 19.0 Å². The minimum Gasteiger partial charge on any atom is -0.377 e. The number of aromatic nitrogens is 2. The van der Waals surface area contributed by atoms with Gasteiger partial charge < -0.3 is 4.90 Å². The molecule has 2 heterocycles. The maximum atomic E-state index is 4.19. The van der Waals surface area contributed by atoms with E-state index >= 15 is 0 Å². The zero-order valence-corrected chi connectivity index (χ0v) is 7.73. The third-order valence-corrected chi connectivity index (χ3v) is 1.97. The first-order valence-electron chi connectivity index (χ1n) is 4.16. The van der Waals surface area contributed by atoms with E-state index in [-0.39, 0.29) is 0 Å². The molecule has 2 rings (SSSR count). The molecule has 3 heteroatoms. The van der Waals surface area contributed by atoms with E-state index in [0.29, 0.717) is 0 Å². The summed E-state index contributed by atoms with van der Waals surface area (Å²) in [5.41, 5.74) is 1.95. The largest absolute Gasteiger partial charge is 0.377 e. The van der Waals surface area contributed by atoms with E-state index in [1.54, 1.807) is 12.4 Å². The number of rotatable bonds is 1. The van der Waals surface area contributed by atoms with Crippen LogP contribution in [0, 0.1) is 0 Å². The molecule has 2 aromatic rings. The Bertz CT molecular complexity index is 418. The average molecular weight is 173 g/mol. The topological polar surface area (TPSA) is 29.0 Å². The summed E-state index contributed by atoms with van der Waals surface area (Å²) in [4.78, 5) is 10.4. The third kappa shape index (κ3) is 1.33. The van der Waals surface area contributed by atoms with E-state index in [2.05, 4.69) is 14.9 Å². The van der Waals surface area contributed by atoms with Gasteiger partial charge in [-0.25, -0.2) is 9.97 Å². The van der Waals surface area contributed by atoms with Crippen molar-refractivity contribution in [2.45, 2.75) is 0 Å². The number of fused-ring (bicyclic) bond motifs is 1. The zero-order valence-electron chi connectivity index (χ0n) is 7.73. The van der Waals surface area contributed by atoms with Crippen LogP contribution in [0.1, 0.15) is 0 Å². The van der Waals surface area contributed by atoms with Gasteiger partial charge in [0.1, 0.15) is 0 Å². The SMILES string of the molecule is CN(C)c1ccnc2ncccc12. The molecule has 0 saturated heterocycles. The quantitative estimate of drug-likeness (QED) is 0.657. The van der Waals surface area contributed by atoms with Crippen LogP contribution >= 0.6 is 0 Å². The highest BCUT2D eigenvalue weighted by Gasteiger charge is 2.02. The molecule has 0 radical (unpaired) electrons. The average Bonchev–Trinajstić information content (AvgIpc) is 2.17. The molecule has 0 atom stereocenters. The number of pyridine rings is 2. The van der Waals surface area contributed by atoms with E-state index in [4.69, 9.17) is 0 Å². The molecule has 0 aliphatic rings. The van der Waals surface area contributed by atoms with Crippen LogP contribution in [0.4, 0.5) is 5.69 Å². The first kappa shape index (κ1) is 7.98. The molecule has 0 bridgehead atoms. The van der Waals surface area contributed by atoms with Gasteiger partial charge in [0.05, 0.1) is 0 Å². The molecule has 2 aromatic heterocycles. The lowest BCUT2D eigenvalue weighted by Crippen LogP contribution is -2.09. The Morgan fingerprint density at radius 2 is 1.85 bits per heavy atom. The molecule has 0 N–H and O–H groups in total. The lowest BCUT2D eigenvalue weighted by atomic mass is 10.2. The van der Waals surface area contributed by atoms with Crippen LogP contribution in [0.5, 0.6) is 0 Å². The van der Waals surface area contributed by atoms with Crippen molar-refractivity contribution in [1.29, 1.82) is 0 Å². The number of hydrogen-bond donors (Lipinski definition) is 0. The van der Waals surface area contributed by atoms with Gasteiger partial charge in [0.15, 0.2) is 5.65 Å². The van der Waals surface area contributed by atoms with Crippen molar-refractivity contribution in [3.63, 3.8) is 0 Å². The Morgan fingerprint density at radius 3 is 2.62 bits per heavy atom. The summed E-state index contributed by atoms with van der Waals surface area (Å²) in [5, 5.41) is 1.09. The van der Waals surface area contributed by atoms with Gasteiger partial charge in [0.25, 0.3) is 0 Å². The number of anilines is 1. The Morgan fingerprint density at radius 1 is 1.08 bits per heavy atom. The predicted octanol–water partition coefficient (Wildman–Crippen LogP) is 1.70. The van der Waals surface area contributed by atoms with Crippen molar-refractivity contribution in [3.8, 4) is 0 Å². The second-order valence-electron chi connectivity index (χ2n) is 3.10. The lowest BCUT2D eigenvalue weighted by molar-refractivity contribution is 1.13. The standard InChI is InChI=1S/C10H11N3/c1-13(2)9-5-7-12-10-8(9)4-3-6-11-10/h3-7H,1-2H3. The Balaban J connectivity index is 2.76. The molecular formula is C10H11N3. The van der Waals surface area contributed by atoms with Crippen LogP contribution in [0.2, 0.25) is 0 Å². The maximum Gasteiger partial charge on any atom is 0.161 e. The second-order valence-corrected chi connectivity index (χ2v) is 3.10. The predicted molar refractivity (Wildman–Crippen MR) is 53.9 cm³/mol. The summed E-state index contributed by atoms with van der Waals surface area (Å²) >= 11 is 0. The molecule has 0 aromatic carbocycles. The van der Waals surface area contributed by atoms with Crippen LogP contribution in [0.15, 0.2) is 30.6 Å². The molecule has 66 valence electrons. The highest BCUT2D eigenvalue weighted by atomic mass is 15.1. The first-order chi connectivity index (χ1) is 6.29. The van der Waals surface area contributed by atoms with E-state index in [0.717, 1.165) is 16.7 Å². The molecule has 0 saturated carbocycles. The fraction of sp³-hybridized carbons (Fsp3) is 0.200. The van der Waals surface area contributed by atoms with Gasteiger partial charge in [0, 0.05) is 37.6 Å². The summed E-state index contributed by atoms with van der Waals surface area (Å²) in [6.45, 7) is 0. The van der Waals surface area contributed by atoms with Crippen molar-refractivity contribution >= 4 is 16.7 Å². The third-order valence-electron chi connectivity index (χ3n) is 1.97. The van der Waals surface area contributed by atoms with Crippen molar-refractivity contribution in [1.82, 2.24) is 9.97 Å². The molecule has 0 unspecified atom stereocenters. The van der Waals surface area contributed by atoms with E-state index < -0.39 is 0 Å². The molecule has 3 nitrogen and oxygen atoms in total. The zero-order chi connectivity index (χ0) is 9.26. The van der Waals surface area contributed by atoms with Gasteiger partial charge >= 0.3 is 0 Å². The minimum atomic E-state index is 0.800. The first-order valence-corrected chi connectivity index (χ1v) is 4.16. The molecule has 0 spiro atoms. The molecule has 0 fully saturated rings. The van der Waals surface area contributed by atoms with Gasteiger partial charge in [0.2, 0.25) is 0 Å². The van der Waals surface area contributed by atoms with Crippen LogP contribution in [-0.4, -0.2) is 24.1 Å². The monoisotopic (exact) mass is 173 g/mol. The van der Waals surface area contributed by atoms with Crippen molar-refractivity contribution in [3.05, 3.63) is 30.6 Å². The Kier molecular flexibility index (Phi) is 1.85. The molecule has 0 amide bonds. The highest BCUT2D eigenvalue weighted by molar-refractivity contribution is 5.88. The second kappa shape index (κ2) is 3.01.